The lowest BCUT2D eigenvalue weighted by molar-refractivity contribution is -0.667. The predicted octanol–water partition coefficient (Wildman–Crippen LogP) is 32.7. The Morgan fingerprint density at radius 3 is 0.844 bits per heavy atom. The van der Waals surface area contributed by atoms with Gasteiger partial charge in [-0.25, -0.2) is 19.4 Å². The van der Waals surface area contributed by atoms with Crippen LogP contribution in [0, 0.1) is 93.0 Å². The van der Waals surface area contributed by atoms with E-state index >= 15 is 0 Å². The maximum Gasteiger partial charge on any atom is 0.216 e. The van der Waals surface area contributed by atoms with Crippen molar-refractivity contribution in [3.8, 4) is 89.5 Å². The molecule has 8 aromatic heterocycles. The predicted molar refractivity (Wildman–Crippen MR) is 556 cm³/mol. The van der Waals surface area contributed by atoms with Crippen LogP contribution in [0.4, 0.5) is 22.7 Å². The summed E-state index contributed by atoms with van der Waals surface area (Å²) in [6.07, 6.45) is -3.57. The highest BCUT2D eigenvalue weighted by Gasteiger charge is 2.32. The van der Waals surface area contributed by atoms with Crippen LogP contribution in [0.1, 0.15) is 165 Å². The van der Waals surface area contributed by atoms with Crippen LogP contribution in [0.25, 0.3) is 197 Å². The Morgan fingerprint density at radius 2 is 0.585 bits per heavy atom. The van der Waals surface area contributed by atoms with Gasteiger partial charge in [-0.1, -0.05) is 232 Å². The van der Waals surface area contributed by atoms with E-state index in [0.29, 0.717) is 130 Å². The number of fused-ring (bicyclic) bond motifs is 12. The summed E-state index contributed by atoms with van der Waals surface area (Å²) in [5.41, 5.74) is 24.9. The second-order valence-electron chi connectivity index (χ2n) is 36.1. The summed E-state index contributed by atoms with van der Waals surface area (Å²) in [5.74, 6) is -3.43. The molecule has 666 valence electrons. The van der Waals surface area contributed by atoms with Gasteiger partial charge in [0.2, 0.25) is 22.8 Å². The first kappa shape index (κ1) is 72.1. The van der Waals surface area contributed by atoms with Crippen LogP contribution in [-0.4, -0.2) is 0 Å². The molecular formula is C123H114N8O4+4. The number of pyridine rings is 4. The van der Waals surface area contributed by atoms with Crippen LogP contribution in [0.15, 0.2) is 284 Å². The zero-order valence-corrected chi connectivity index (χ0v) is 79.6. The third-order valence-electron chi connectivity index (χ3n) is 25.4. The summed E-state index contributed by atoms with van der Waals surface area (Å²) < 4.78 is 181. The fraction of sp³-hybridized carbons (Fsp3) is 0.220. The molecule has 0 aliphatic carbocycles. The number of benzene rings is 12. The van der Waals surface area contributed by atoms with Crippen LogP contribution in [0.3, 0.4) is 0 Å². The SMILES string of the molecule is [2H]c1c([2H])c(-c2c(C)ccc3c2oc2c(-c4ccccc4)cc([N+]#[C-])cc23)[n+](C)c(C)c1C([2H])(C)C.[2H]c1c([2H])c(-c2c(C)ccc3c2oc2c(-c4ccccc4)cc([N+]#[C-])cc23)[n+](C)c(C)c1C([2H])(C)C([2H])([2H])[2H].[2H]c1c([2H])c(-c2c(C)ccc3c2oc2c(-c4ccccc4)cc([N+]#[C-])cc23)[n+](C)c(C)c1C([2H])([2H])C(C)(C)C.[2H]c1c([2H])c(-c2c(C)ccc3c2oc2c(-c4ccccc4)cc([N+]#[C-])cc23)[n+](C)c(C)c1C([2H])([2H])C(C)C. The van der Waals surface area contributed by atoms with E-state index < -0.39 is 36.8 Å². The van der Waals surface area contributed by atoms with E-state index in [9.17, 15) is 0 Å². The van der Waals surface area contributed by atoms with Gasteiger partial charge in [0.1, 0.15) is 72.9 Å². The van der Waals surface area contributed by atoms with E-state index in [4.69, 9.17) is 67.3 Å². The summed E-state index contributed by atoms with van der Waals surface area (Å²) in [6, 6.07) is 69.0. The quantitative estimate of drug-likeness (QED) is 0.0850. The van der Waals surface area contributed by atoms with Crippen molar-refractivity contribution in [3.63, 3.8) is 0 Å². The molecule has 1 atom stereocenters. The van der Waals surface area contributed by atoms with Crippen LogP contribution in [-0.2, 0) is 40.9 Å². The number of hydrogen-bond donors (Lipinski definition) is 0. The zero-order chi connectivity index (χ0) is 110. The van der Waals surface area contributed by atoms with Crippen molar-refractivity contribution in [2.45, 2.75) is 142 Å². The molecule has 20 aromatic rings. The molecule has 0 aliphatic heterocycles. The number of aryl methyl sites for hydroxylation is 4. The smallest absolute Gasteiger partial charge is 0.216 e. The molecule has 0 aliphatic rings. The minimum atomic E-state index is -2.68. The van der Waals surface area contributed by atoms with E-state index in [0.717, 1.165) is 121 Å². The summed E-state index contributed by atoms with van der Waals surface area (Å²) >= 11 is 0. The van der Waals surface area contributed by atoms with E-state index in [2.05, 4.69) is 19.4 Å². The van der Waals surface area contributed by atoms with Gasteiger partial charge in [-0.15, -0.1) is 0 Å². The molecule has 0 bridgehead atoms. The average molecular weight is 1790 g/mol. The molecule has 0 saturated carbocycles. The first-order valence-corrected chi connectivity index (χ1v) is 44.8. The Labute approximate surface area is 816 Å². The molecule has 0 radical (unpaired) electrons. The molecule has 135 heavy (non-hydrogen) atoms. The normalized spacial score (nSPS) is 14.2. The number of hydrogen-bond acceptors (Lipinski definition) is 4. The van der Waals surface area contributed by atoms with Crippen molar-refractivity contribution in [1.82, 2.24) is 0 Å². The van der Waals surface area contributed by atoms with Gasteiger partial charge in [-0.2, -0.15) is 18.3 Å². The molecular weight excluding hydrogens is 1650 g/mol. The van der Waals surface area contributed by atoms with Crippen LogP contribution < -0.4 is 18.3 Å². The van der Waals surface area contributed by atoms with Crippen LogP contribution in [0.5, 0.6) is 0 Å². The first-order valence-electron chi connectivity index (χ1n) is 53.3. The zero-order valence-electron chi connectivity index (χ0n) is 96.6. The minimum Gasteiger partial charge on any atom is -0.455 e. The molecule has 12 nitrogen and oxygen atoms in total. The maximum atomic E-state index is 9.09. The molecule has 0 fully saturated rings. The molecule has 1 unspecified atom stereocenters. The van der Waals surface area contributed by atoms with Gasteiger partial charge in [-0.05, 0) is 181 Å². The molecule has 0 spiro atoms. The standard InChI is InChI=1S/C32H31N2O.C31H29N2O.2C30H27N2O/c1-20-13-15-25-27-18-24(33-6)17-26(22-11-9-8-10-12-22)30(27)35-31(25)29(20)28-16-14-23(19-32(3,4)5)21(2)34(28)7;1-19(2)16-23-13-15-28(33(6)21(23)4)29-20(3)12-14-25-27-18-24(32-5)17-26(30(27)34-31(25)29)22-10-8-7-9-11-22;2*1-18(2)23-14-15-27(32(6)20(23)4)28-19(3)12-13-24-26-17-22(31-5)16-25(29(26)33-30(24)28)21-10-8-7-9-11-21/h8-18H,19H2,1-5,7H3;7-15,17-19H,16H2,1-4,6H3;2*7-18H,1-4,6H3/q4*+1/i14D,16D,19D2;13D,15D,16D2;1D3,14D,15D,18D;14D,15D,18D. The van der Waals surface area contributed by atoms with Crippen molar-refractivity contribution in [1.29, 1.82) is 0 Å². The van der Waals surface area contributed by atoms with Crippen LogP contribution in [0.2, 0.25) is 0 Å². The second kappa shape index (κ2) is 37.2. The number of nitrogens with zero attached hydrogens (tertiary/aromatic N) is 8. The van der Waals surface area contributed by atoms with Crippen molar-refractivity contribution >= 4 is 111 Å². The highest BCUT2D eigenvalue weighted by molar-refractivity contribution is 6.18. The largest absolute Gasteiger partial charge is 0.455 e. The molecule has 0 amide bonds. The average Bonchev–Trinajstić information content (AvgIpc) is 1.54. The van der Waals surface area contributed by atoms with Gasteiger partial charge >= 0.3 is 0 Å². The lowest BCUT2D eigenvalue weighted by Crippen LogP contribution is -2.36. The molecule has 12 aromatic carbocycles. The van der Waals surface area contributed by atoms with Gasteiger partial charge in [0.05, 0.1) is 59.5 Å². The number of aromatic nitrogens is 4. The maximum absolute atomic E-state index is 9.09. The third kappa shape index (κ3) is 17.2. The van der Waals surface area contributed by atoms with Gasteiger partial charge in [0.15, 0.2) is 45.5 Å². The van der Waals surface area contributed by atoms with Gasteiger partial charge in [-0.3, -0.25) is 0 Å². The van der Waals surface area contributed by atoms with Gasteiger partial charge in [0.25, 0.3) is 0 Å². The molecule has 20 rings (SSSR count). The molecule has 0 N–H and O–H groups in total. The summed E-state index contributed by atoms with van der Waals surface area (Å²) in [4.78, 5) is 14.8. The Balaban J connectivity index is 0.000000138. The minimum absolute atomic E-state index is 0.00115. The topological polar surface area (TPSA) is 85.5 Å². The van der Waals surface area contributed by atoms with E-state index in [1.54, 1.807) is 65.3 Å². The Morgan fingerprint density at radius 1 is 0.326 bits per heavy atom. The molecule has 12 heteroatoms. The molecule has 8 heterocycles. The third-order valence-corrected chi connectivity index (χ3v) is 25.4. The second-order valence-corrected chi connectivity index (χ2v) is 36.1. The Kier molecular flexibility index (Phi) is 19.9. The van der Waals surface area contributed by atoms with Crippen molar-refractivity contribution in [3.05, 3.63) is 380 Å². The monoisotopic (exact) mass is 1780 g/mol. The van der Waals surface area contributed by atoms with Crippen LogP contribution >= 0.6 is 0 Å². The van der Waals surface area contributed by atoms with E-state index in [1.165, 1.54) is 6.92 Å². The van der Waals surface area contributed by atoms with Crippen molar-refractivity contribution in [2.75, 3.05) is 0 Å². The number of furan rings is 4. The van der Waals surface area contributed by atoms with Gasteiger partial charge in [0, 0.05) is 152 Å². The van der Waals surface area contributed by atoms with Crippen molar-refractivity contribution in [2.24, 2.45) is 39.5 Å². The summed E-state index contributed by atoms with van der Waals surface area (Å²) in [5, 5.41) is 6.54. The Bertz CT molecular complexity index is 8900. The highest BCUT2D eigenvalue weighted by atomic mass is 16.3. The molecule has 0 saturated heterocycles. The van der Waals surface area contributed by atoms with E-state index in [-0.39, 0.29) is 70.9 Å². The summed E-state index contributed by atoms with van der Waals surface area (Å²) in [7, 11) is 7.23. The fourth-order valence-corrected chi connectivity index (χ4v) is 18.1. The first-order chi connectivity index (χ1) is 71.6. The number of rotatable bonds is 13. The van der Waals surface area contributed by atoms with Crippen molar-refractivity contribution < 1.29 is 59.2 Å². The highest BCUT2D eigenvalue weighted by Crippen LogP contribution is 2.49. The fourth-order valence-electron chi connectivity index (χ4n) is 18.1. The van der Waals surface area contributed by atoms with E-state index in [1.807, 2.05) is 303 Å². The van der Waals surface area contributed by atoms with Gasteiger partial charge < -0.3 is 17.7 Å². The Hall–Kier alpha value is -15.6. The summed E-state index contributed by atoms with van der Waals surface area (Å²) in [6.45, 7) is 56.7. The lowest BCUT2D eigenvalue weighted by atomic mass is 9.87. The lowest BCUT2D eigenvalue weighted by Gasteiger charge is -2.19.